The summed E-state index contributed by atoms with van der Waals surface area (Å²) in [4.78, 5) is 0. The summed E-state index contributed by atoms with van der Waals surface area (Å²) in [6, 6.07) is 71.2. The highest BCUT2D eigenvalue weighted by Gasteiger charge is 2.84. The third-order valence-electron chi connectivity index (χ3n) is 27.8. The van der Waals surface area contributed by atoms with Crippen LogP contribution in [0.3, 0.4) is 0 Å². The van der Waals surface area contributed by atoms with E-state index >= 15 is 0 Å². The molecule has 0 atom stereocenters. The first kappa shape index (κ1) is 86.8. The fourth-order valence-corrected chi connectivity index (χ4v) is 94.2. The van der Waals surface area contributed by atoms with Crippen LogP contribution in [0.2, 0.25) is 96.2 Å². The van der Waals surface area contributed by atoms with Gasteiger partial charge in [-0.25, -0.2) is 0 Å². The zero-order valence-corrected chi connectivity index (χ0v) is 83.3. The van der Waals surface area contributed by atoms with Crippen LogP contribution in [0.15, 0.2) is 182 Å². The first-order chi connectivity index (χ1) is 55.9. The Morgan fingerprint density at radius 3 is 0.557 bits per heavy atom. The molecule has 3 saturated heterocycles. The monoisotopic (exact) mass is 1780 g/mol. The molecule has 0 aromatic heterocycles. The summed E-state index contributed by atoms with van der Waals surface area (Å²) in [5.74, 6) is 0. The maximum Gasteiger partial charge on any atom is 0.482 e. The molecule has 0 radical (unpaired) electrons. The molecule has 6 aromatic rings. The summed E-state index contributed by atoms with van der Waals surface area (Å²) >= 11 is 0. The summed E-state index contributed by atoms with van der Waals surface area (Å²) in [5, 5.41) is 8.43. The Labute approximate surface area is 707 Å². The highest BCUT2D eigenvalue weighted by Crippen LogP contribution is 2.64. The molecular weight excluding hydrogens is 1650 g/mol. The molecule has 0 unspecified atom stereocenters. The second-order valence-electron chi connectivity index (χ2n) is 37.8. The predicted octanol–water partition coefficient (Wildman–Crippen LogP) is 24.2. The van der Waals surface area contributed by atoms with E-state index in [4.69, 9.17) is 12.3 Å². The zero-order valence-electron chi connectivity index (χ0n) is 70.6. The molecule has 0 N–H and O–H groups in total. The van der Waals surface area contributed by atoms with Gasteiger partial charge in [0, 0.05) is 38.8 Å². The second-order valence-corrected chi connectivity index (χ2v) is 80.8. The van der Waals surface area contributed by atoms with Crippen LogP contribution in [0.1, 0.15) is 225 Å². The molecule has 12 nitrogen and oxygen atoms in total. The topological polar surface area (TPSA) is 111 Å². The average molecular weight is 1780 g/mol. The van der Waals surface area contributed by atoms with E-state index in [9.17, 15) is 37.0 Å². The maximum absolute atomic E-state index is 9.62. The molecule has 25 heteroatoms. The standard InChI is InChI=1S/C90H137O12P3Si10/c1-106(2,75-72-103(78-46-20-7-21-47-78)79-48-22-8-23-49-79)91-109(84-58-32-13-33-59-84)94-112(87-64-38-16-39-65-87)96-110(85-60-34-14-35-61-85,92-107(3,4)76-73-104(80-50-24-9-25-51-80)81-52-26-10-27-53-81)98-114(89-68-42-18-43-69-89)99-111(86-62-36-15-37-63-86,93-108(5,6)77-74-105(82-54-28-11-29-55-82)83-56-30-12-31-57-83)97-113(95-109,88-66-40-17-41-67-88)101-115(100-112,102-114)90-70-44-19-45-71-90/h7-12,20-31,46-57,84-90H,13-19,32-45,58-77H2,1-6H3. The van der Waals surface area contributed by atoms with Crippen molar-refractivity contribution in [2.45, 2.75) is 321 Å². The van der Waals surface area contributed by atoms with E-state index in [-0.39, 0.29) is 38.8 Å². The van der Waals surface area contributed by atoms with Gasteiger partial charge in [-0.2, -0.15) is 0 Å². The Balaban J connectivity index is 0.963. The lowest BCUT2D eigenvalue weighted by molar-refractivity contribution is -0.0141. The quantitative estimate of drug-likeness (QED) is 0.0344. The Hall–Kier alpha value is -1.70. The number of hydrogen-bond donors (Lipinski definition) is 0. The molecule has 16 rings (SSSR count). The van der Waals surface area contributed by atoms with E-state index in [2.05, 4.69) is 221 Å². The molecule has 3 heterocycles. The lowest BCUT2D eigenvalue weighted by atomic mass is 10.0. The Kier molecular flexibility index (Phi) is 29.3. The number of benzene rings is 6. The summed E-state index contributed by atoms with van der Waals surface area (Å²) < 4.78 is 114. The molecule has 7 aliphatic carbocycles. The van der Waals surface area contributed by atoms with Gasteiger partial charge in [0.2, 0.25) is 0 Å². The van der Waals surface area contributed by atoms with Crippen molar-refractivity contribution >= 4 is 142 Å². The molecule has 0 spiro atoms. The van der Waals surface area contributed by atoms with Crippen molar-refractivity contribution in [3.05, 3.63) is 182 Å². The molecule has 10 aliphatic rings. The largest absolute Gasteiger partial charge is 0.482 e. The fourth-order valence-electron chi connectivity index (χ4n) is 21.5. The van der Waals surface area contributed by atoms with Crippen LogP contribution in [0.25, 0.3) is 0 Å². The number of rotatable bonds is 28. The third kappa shape index (κ3) is 20.5. The van der Waals surface area contributed by atoms with Crippen molar-refractivity contribution in [1.29, 1.82) is 0 Å². The van der Waals surface area contributed by atoms with Gasteiger partial charge < -0.3 is 49.4 Å². The summed E-state index contributed by atoms with van der Waals surface area (Å²) in [5.41, 5.74) is -0.506. The van der Waals surface area contributed by atoms with Gasteiger partial charge in [-0.05, 0) is 221 Å². The van der Waals surface area contributed by atoms with Gasteiger partial charge in [0.05, 0.1) is 0 Å². The van der Waals surface area contributed by atoms with Crippen molar-refractivity contribution in [2.75, 3.05) is 18.5 Å². The van der Waals surface area contributed by atoms with Gasteiger partial charge in [0.25, 0.3) is 0 Å². The number of hydrogen-bond acceptors (Lipinski definition) is 12. The minimum atomic E-state index is -4.48. The molecule has 115 heavy (non-hydrogen) atoms. The zero-order chi connectivity index (χ0) is 78.9. The van der Waals surface area contributed by atoms with E-state index in [1.807, 2.05) is 0 Å². The van der Waals surface area contributed by atoms with Crippen LogP contribution >= 0.6 is 23.8 Å². The highest BCUT2D eigenvalue weighted by molar-refractivity contribution is 7.73. The van der Waals surface area contributed by atoms with Gasteiger partial charge in [-0.3, -0.25) is 0 Å². The van der Waals surface area contributed by atoms with E-state index in [1.54, 1.807) is 0 Å². The lowest BCUT2D eigenvalue weighted by Gasteiger charge is -2.64. The second kappa shape index (κ2) is 38.8. The first-order valence-electron chi connectivity index (χ1n) is 46.0. The molecule has 0 amide bonds. The minimum absolute atomic E-state index is 0.0586. The average Bonchev–Trinajstić information content (AvgIpc) is 0.681. The predicted molar refractivity (Wildman–Crippen MR) is 500 cm³/mol. The lowest BCUT2D eigenvalue weighted by Crippen LogP contribution is -2.87. The van der Waals surface area contributed by atoms with Gasteiger partial charge in [0.1, 0.15) is 0 Å². The van der Waals surface area contributed by atoms with Crippen LogP contribution in [-0.2, 0) is 49.4 Å². The number of fused-ring (bicyclic) bond motifs is 3. The molecular formula is C90H137O12P3Si10. The van der Waals surface area contributed by atoms with Gasteiger partial charge in [-0.15, -0.1) is 0 Å². The van der Waals surface area contributed by atoms with Crippen LogP contribution in [0.5, 0.6) is 0 Å². The maximum atomic E-state index is 9.62. The fraction of sp³-hybridized carbons (Fsp3) is 0.600. The molecule has 6 aromatic carbocycles. The summed E-state index contributed by atoms with van der Waals surface area (Å²) in [7, 11) is -42.3. The third-order valence-corrected chi connectivity index (χ3v) is 82.5. The van der Waals surface area contributed by atoms with Crippen LogP contribution < -0.4 is 31.8 Å². The van der Waals surface area contributed by atoms with Gasteiger partial charge >= 0.3 is 61.6 Å². The summed E-state index contributed by atoms with van der Waals surface area (Å²) in [6.45, 7) is 15.2. The normalized spacial score (nSPS) is 30.2. The van der Waals surface area contributed by atoms with Crippen molar-refractivity contribution in [3.8, 4) is 0 Å². The molecule has 7 saturated carbocycles. The van der Waals surface area contributed by atoms with E-state index in [1.165, 1.54) is 57.5 Å². The van der Waals surface area contributed by atoms with Crippen molar-refractivity contribution in [2.24, 2.45) is 0 Å². The van der Waals surface area contributed by atoms with Crippen LogP contribution in [-0.4, -0.2) is 105 Å². The SMILES string of the molecule is C[Si](C)(CCP(c1ccccc1)c1ccccc1)O[Si]1(C2CCCCC2)O[Si]2(C3CCCCC3)O[Si](O[Si](C)(C)CCP(c3ccccc3)c3ccccc3)(C3CCCCC3)O[Si]3(C4CCCCC4)O[Si](O[Si](C)(C)CCP(c4ccccc4)c4ccccc4)(C4CCCCC4)O[Si](C4CCCCC4)(O1)O[Si](C1CCCCC1)(O2)O3. The van der Waals surface area contributed by atoms with Crippen LogP contribution in [0.4, 0.5) is 0 Å². The first-order valence-corrected chi connectivity index (χ1v) is 72.5. The smallest absolute Gasteiger partial charge is 0.416 e. The molecule has 4 bridgehead atoms. The van der Waals surface area contributed by atoms with Crippen molar-refractivity contribution < 1.29 is 49.4 Å². The van der Waals surface area contributed by atoms with E-state index in [0.717, 1.165) is 236 Å². The minimum Gasteiger partial charge on any atom is -0.416 e. The Morgan fingerprint density at radius 1 is 0.226 bits per heavy atom. The molecule has 3 aliphatic heterocycles. The molecule has 624 valence electrons. The van der Waals surface area contributed by atoms with Crippen molar-refractivity contribution in [1.82, 2.24) is 0 Å². The van der Waals surface area contributed by atoms with E-state index < -0.39 is 110 Å². The van der Waals surface area contributed by atoms with Crippen LogP contribution in [0, 0.1) is 0 Å². The highest BCUT2D eigenvalue weighted by atomic mass is 31.1. The van der Waals surface area contributed by atoms with E-state index in [0.29, 0.717) is 0 Å². The Bertz CT molecular complexity index is 3440. The van der Waals surface area contributed by atoms with Crippen molar-refractivity contribution in [3.63, 3.8) is 0 Å². The molecule has 10 fully saturated rings. The Morgan fingerprint density at radius 2 is 0.383 bits per heavy atom. The van der Waals surface area contributed by atoms with Gasteiger partial charge in [0.15, 0.2) is 25.0 Å². The summed E-state index contributed by atoms with van der Waals surface area (Å²) in [6.07, 6.45) is 39.2. The van der Waals surface area contributed by atoms with Gasteiger partial charge in [-0.1, -0.05) is 317 Å².